The molecule has 0 aliphatic carbocycles. The van der Waals surface area contributed by atoms with Gasteiger partial charge in [-0.1, -0.05) is 58.9 Å². The molecule has 0 unspecified atom stereocenters. The summed E-state index contributed by atoms with van der Waals surface area (Å²) in [6.07, 6.45) is 2.22. The Labute approximate surface area is 106 Å². The first-order chi connectivity index (χ1) is 8.22. The van der Waals surface area contributed by atoms with Crippen molar-refractivity contribution in [2.24, 2.45) is 5.73 Å². The summed E-state index contributed by atoms with van der Waals surface area (Å²) in [5.74, 6) is -0.234. The van der Waals surface area contributed by atoms with E-state index in [2.05, 4.69) is 19.1 Å². The van der Waals surface area contributed by atoms with Crippen molar-refractivity contribution in [2.75, 3.05) is 0 Å². The second-order valence-electron chi connectivity index (χ2n) is 3.14. The number of carbonyl (C=O) groups excluding carboxylic acids is 1. The summed E-state index contributed by atoms with van der Waals surface area (Å²) < 4.78 is 0. The maximum absolute atomic E-state index is 10.5. The Morgan fingerprint density at radius 1 is 1.12 bits per heavy atom. The smallest absolute Gasteiger partial charge is 0.217 e. The molecule has 1 rings (SSSR count). The summed E-state index contributed by atoms with van der Waals surface area (Å²) in [6, 6.07) is 8.27. The molecule has 17 heavy (non-hydrogen) atoms. The van der Waals surface area contributed by atoms with Crippen LogP contribution in [0.2, 0.25) is 0 Å². The van der Waals surface area contributed by atoms with Crippen LogP contribution >= 0.6 is 0 Å². The minimum atomic E-state index is -0.234. The zero-order valence-electron chi connectivity index (χ0n) is 11.9. The van der Waals surface area contributed by atoms with E-state index < -0.39 is 0 Å². The summed E-state index contributed by atoms with van der Waals surface area (Å²) in [4.78, 5) is 10.5. The summed E-state index contributed by atoms with van der Waals surface area (Å²) in [5.41, 5.74) is 7.57. The van der Waals surface area contributed by atoms with Crippen molar-refractivity contribution in [3.63, 3.8) is 0 Å². The van der Waals surface area contributed by atoms with Gasteiger partial charge in [0, 0.05) is 6.42 Å². The quantitative estimate of drug-likeness (QED) is 0.852. The number of nitrogens with two attached hydrogens (primary N) is 1. The van der Waals surface area contributed by atoms with Crippen LogP contribution in [0.25, 0.3) is 0 Å². The van der Waals surface area contributed by atoms with E-state index >= 15 is 0 Å². The Bertz CT molecular complexity index is 295. The van der Waals surface area contributed by atoms with Crippen molar-refractivity contribution >= 4 is 5.91 Å². The number of hydrogen-bond acceptors (Lipinski definition) is 1. The predicted molar refractivity (Wildman–Crippen MR) is 76.0 cm³/mol. The maximum Gasteiger partial charge on any atom is 0.217 e. The fraction of sp³-hybridized carbons (Fsp3) is 0.533. The fourth-order valence-corrected chi connectivity index (χ4v) is 1.27. The van der Waals surface area contributed by atoms with Gasteiger partial charge in [-0.25, -0.2) is 0 Å². The van der Waals surface area contributed by atoms with Crippen LogP contribution in [0.5, 0.6) is 0 Å². The fourth-order valence-electron chi connectivity index (χ4n) is 1.27. The lowest BCUT2D eigenvalue weighted by Crippen LogP contribution is -2.11. The Morgan fingerprint density at radius 3 is 2.12 bits per heavy atom. The minimum absolute atomic E-state index is 0.234. The van der Waals surface area contributed by atoms with Gasteiger partial charge in [-0.05, 0) is 24.0 Å². The molecule has 0 saturated carbocycles. The number of aryl methyl sites for hydroxylation is 2. The Hall–Kier alpha value is -1.31. The van der Waals surface area contributed by atoms with Gasteiger partial charge >= 0.3 is 0 Å². The number of amides is 1. The second kappa shape index (κ2) is 12.8. The van der Waals surface area contributed by atoms with Crippen LogP contribution in [0, 0.1) is 0 Å². The molecule has 0 aliphatic heterocycles. The molecule has 0 heterocycles. The van der Waals surface area contributed by atoms with Gasteiger partial charge < -0.3 is 5.73 Å². The van der Waals surface area contributed by atoms with E-state index in [0.717, 1.165) is 12.8 Å². The second-order valence-corrected chi connectivity index (χ2v) is 3.14. The molecule has 98 valence electrons. The highest BCUT2D eigenvalue weighted by Gasteiger charge is 1.97. The number of carbonyl (C=O) groups is 1. The van der Waals surface area contributed by atoms with Crippen LogP contribution in [0.3, 0.4) is 0 Å². The molecule has 0 spiro atoms. The standard InChI is InChI=1S/C11H15NO.2C2H6/c1-2-9-4-3-5-10(8-9)6-7-11(12)13;2*1-2/h3-5,8H,2,6-7H2,1H3,(H2,12,13);2*1-2H3. The Morgan fingerprint density at radius 2 is 1.65 bits per heavy atom. The first-order valence-corrected chi connectivity index (χ1v) is 6.58. The van der Waals surface area contributed by atoms with Gasteiger partial charge in [0.1, 0.15) is 0 Å². The Balaban J connectivity index is 0. The van der Waals surface area contributed by atoms with E-state index in [1.807, 2.05) is 39.8 Å². The van der Waals surface area contributed by atoms with E-state index in [1.165, 1.54) is 11.1 Å². The zero-order valence-corrected chi connectivity index (χ0v) is 11.9. The van der Waals surface area contributed by atoms with E-state index in [4.69, 9.17) is 5.73 Å². The van der Waals surface area contributed by atoms with Crippen LogP contribution in [-0.4, -0.2) is 5.91 Å². The summed E-state index contributed by atoms with van der Waals surface area (Å²) in [7, 11) is 0. The average molecular weight is 237 g/mol. The van der Waals surface area contributed by atoms with Crippen LogP contribution in [0.1, 0.15) is 52.2 Å². The number of rotatable bonds is 4. The largest absolute Gasteiger partial charge is 0.370 e. The average Bonchev–Trinajstić information content (AvgIpc) is 2.41. The predicted octanol–water partition coefficient (Wildman–Crippen LogP) is 3.72. The molecule has 2 heteroatoms. The molecule has 0 atom stereocenters. The highest BCUT2D eigenvalue weighted by molar-refractivity contribution is 5.73. The van der Waals surface area contributed by atoms with E-state index in [0.29, 0.717) is 6.42 Å². The third-order valence-corrected chi connectivity index (χ3v) is 2.06. The minimum Gasteiger partial charge on any atom is -0.370 e. The van der Waals surface area contributed by atoms with Gasteiger partial charge in [-0.15, -0.1) is 0 Å². The lowest BCUT2D eigenvalue weighted by atomic mass is 10.1. The summed E-state index contributed by atoms with van der Waals surface area (Å²) >= 11 is 0. The van der Waals surface area contributed by atoms with Gasteiger partial charge in [-0.3, -0.25) is 4.79 Å². The third-order valence-electron chi connectivity index (χ3n) is 2.06. The van der Waals surface area contributed by atoms with Gasteiger partial charge in [0.2, 0.25) is 5.91 Å². The monoisotopic (exact) mass is 237 g/mol. The highest BCUT2D eigenvalue weighted by Crippen LogP contribution is 2.07. The first-order valence-electron chi connectivity index (χ1n) is 6.58. The lowest BCUT2D eigenvalue weighted by molar-refractivity contribution is -0.117. The van der Waals surface area contributed by atoms with Crippen molar-refractivity contribution in [2.45, 2.75) is 53.9 Å². The molecule has 0 aliphatic rings. The molecule has 0 saturated heterocycles. The molecule has 1 aromatic carbocycles. The zero-order chi connectivity index (χ0) is 13.7. The van der Waals surface area contributed by atoms with Crippen molar-refractivity contribution in [3.05, 3.63) is 35.4 Å². The van der Waals surface area contributed by atoms with Gasteiger partial charge in [-0.2, -0.15) is 0 Å². The molecular formula is C15H27NO. The maximum atomic E-state index is 10.5. The first kappa shape index (κ1) is 18.1. The summed E-state index contributed by atoms with van der Waals surface area (Å²) in [6.45, 7) is 10.1. The number of primary amides is 1. The Kier molecular flexibility index (Phi) is 13.6. The van der Waals surface area contributed by atoms with Gasteiger partial charge in [0.15, 0.2) is 0 Å². The lowest BCUT2D eigenvalue weighted by Gasteiger charge is -2.01. The van der Waals surface area contributed by atoms with Crippen molar-refractivity contribution in [1.82, 2.24) is 0 Å². The van der Waals surface area contributed by atoms with Gasteiger partial charge in [0.05, 0.1) is 0 Å². The molecule has 2 N–H and O–H groups in total. The molecule has 2 nitrogen and oxygen atoms in total. The topological polar surface area (TPSA) is 43.1 Å². The molecule has 0 radical (unpaired) electrons. The van der Waals surface area contributed by atoms with Crippen LogP contribution in [0.4, 0.5) is 0 Å². The third kappa shape index (κ3) is 9.61. The van der Waals surface area contributed by atoms with Crippen molar-refractivity contribution in [3.8, 4) is 0 Å². The number of hydrogen-bond donors (Lipinski definition) is 1. The molecular weight excluding hydrogens is 210 g/mol. The normalized spacial score (nSPS) is 8.29. The van der Waals surface area contributed by atoms with Crippen molar-refractivity contribution in [1.29, 1.82) is 0 Å². The van der Waals surface area contributed by atoms with Crippen LogP contribution in [-0.2, 0) is 17.6 Å². The van der Waals surface area contributed by atoms with Gasteiger partial charge in [0.25, 0.3) is 0 Å². The highest BCUT2D eigenvalue weighted by atomic mass is 16.1. The number of benzene rings is 1. The molecule has 0 aromatic heterocycles. The SMILES string of the molecule is CC.CC.CCc1cccc(CCC(N)=O)c1. The van der Waals surface area contributed by atoms with E-state index in [9.17, 15) is 4.79 Å². The summed E-state index contributed by atoms with van der Waals surface area (Å²) in [5, 5.41) is 0. The molecule has 0 bridgehead atoms. The van der Waals surface area contributed by atoms with E-state index in [-0.39, 0.29) is 5.91 Å². The van der Waals surface area contributed by atoms with E-state index in [1.54, 1.807) is 0 Å². The molecule has 0 fully saturated rings. The van der Waals surface area contributed by atoms with Crippen molar-refractivity contribution < 1.29 is 4.79 Å². The van der Waals surface area contributed by atoms with Crippen LogP contribution in [0.15, 0.2) is 24.3 Å². The molecule has 1 amide bonds. The molecule has 1 aromatic rings. The van der Waals surface area contributed by atoms with Crippen LogP contribution < -0.4 is 5.73 Å².